The molecule has 0 radical (unpaired) electrons. The van der Waals surface area contributed by atoms with E-state index in [9.17, 15) is 4.79 Å². The van der Waals surface area contributed by atoms with Crippen molar-refractivity contribution in [1.82, 2.24) is 5.09 Å². The smallest absolute Gasteiger partial charge is 0.336 e. The van der Waals surface area contributed by atoms with Gasteiger partial charge in [0.25, 0.3) is 0 Å². The minimum absolute atomic E-state index is 0.0456. The molecule has 6 heteroatoms. The predicted octanol–water partition coefficient (Wildman–Crippen LogP) is 5.15. The minimum Gasteiger partial charge on any atom is -0.483 e. The van der Waals surface area contributed by atoms with Crippen molar-refractivity contribution >= 4 is 34.6 Å². The highest BCUT2D eigenvalue weighted by Gasteiger charge is 2.42. The summed E-state index contributed by atoms with van der Waals surface area (Å²) in [6, 6.07) is 26.1. The largest absolute Gasteiger partial charge is 0.483 e. The summed E-state index contributed by atoms with van der Waals surface area (Å²) in [5, 5.41) is 5.88. The first-order valence-corrected chi connectivity index (χ1v) is 14.0. The summed E-state index contributed by atoms with van der Waals surface area (Å²) < 4.78 is 11.3. The average molecular weight is 492 g/mol. The van der Waals surface area contributed by atoms with Crippen LogP contribution in [0.4, 0.5) is 0 Å². The predicted molar refractivity (Wildman–Crippen MR) is 143 cm³/mol. The van der Waals surface area contributed by atoms with Gasteiger partial charge < -0.3 is 9.47 Å². The zero-order valence-corrected chi connectivity index (χ0v) is 21.7. The maximum Gasteiger partial charge on any atom is 0.336 e. The van der Waals surface area contributed by atoms with Gasteiger partial charge in [-0.05, 0) is 23.1 Å². The Morgan fingerprint density at radius 1 is 1.00 bits per heavy atom. The lowest BCUT2D eigenvalue weighted by atomic mass is 9.85. The van der Waals surface area contributed by atoms with E-state index in [0.29, 0.717) is 0 Å². The molecule has 0 aromatic heterocycles. The normalized spacial score (nSPS) is 17.5. The van der Waals surface area contributed by atoms with Crippen LogP contribution in [0.25, 0.3) is 0 Å². The number of carbonyl (C=O) groups is 1. The molecule has 2 atom stereocenters. The second-order valence-electron chi connectivity index (χ2n) is 9.45. The van der Waals surface area contributed by atoms with Crippen molar-refractivity contribution in [2.75, 3.05) is 7.11 Å². The Labute approximate surface area is 207 Å². The Bertz CT molecular complexity index is 1210. The van der Waals surface area contributed by atoms with Crippen LogP contribution in [-0.2, 0) is 26.8 Å². The van der Waals surface area contributed by atoms with Crippen LogP contribution in [0.3, 0.4) is 0 Å². The second-order valence-corrected chi connectivity index (χ2v) is 13.6. The van der Waals surface area contributed by atoms with E-state index < -0.39 is 18.3 Å². The number of fused-ring (bicyclic) bond motifs is 1. The number of ether oxygens (including phenoxy) is 2. The molecule has 3 aromatic carbocycles. The van der Waals surface area contributed by atoms with Gasteiger partial charge in [-0.2, -0.15) is 0 Å². The van der Waals surface area contributed by atoms with E-state index in [2.05, 4.69) is 68.8 Å². The lowest BCUT2D eigenvalue weighted by Gasteiger charge is -2.31. The van der Waals surface area contributed by atoms with E-state index in [1.165, 1.54) is 12.7 Å². The molecule has 0 aliphatic carbocycles. The van der Waals surface area contributed by atoms with Gasteiger partial charge in [0.1, 0.15) is 11.9 Å². The summed E-state index contributed by atoms with van der Waals surface area (Å²) in [6.45, 7) is 10.6. The maximum absolute atomic E-state index is 12.5. The first-order chi connectivity index (χ1) is 16.1. The molecule has 1 aliphatic heterocycles. The lowest BCUT2D eigenvalue weighted by Crippen LogP contribution is -2.37. The Kier molecular flexibility index (Phi) is 6.82. The second kappa shape index (κ2) is 9.50. The van der Waals surface area contributed by atoms with Gasteiger partial charge in [-0.15, -0.1) is 0 Å². The molecule has 1 aliphatic rings. The molecule has 176 valence electrons. The summed E-state index contributed by atoms with van der Waals surface area (Å²) in [5.74, 6) is 0.233. The Morgan fingerprint density at radius 3 is 2.06 bits per heavy atom. The van der Waals surface area contributed by atoms with Gasteiger partial charge in [-0.1, -0.05) is 106 Å². The fourth-order valence-electron chi connectivity index (χ4n) is 4.16. The van der Waals surface area contributed by atoms with Gasteiger partial charge in [-0.3, -0.25) is 5.09 Å². The van der Waals surface area contributed by atoms with Crippen LogP contribution in [0.5, 0.6) is 5.75 Å². The van der Waals surface area contributed by atoms with Crippen LogP contribution in [-0.4, -0.2) is 19.2 Å². The Balaban J connectivity index is 1.87. The summed E-state index contributed by atoms with van der Waals surface area (Å²) >= 11 is 6.44. The number of hydrogen-bond acceptors (Lipinski definition) is 4. The molecular weight excluding hydrogens is 461 g/mol. The van der Waals surface area contributed by atoms with Crippen molar-refractivity contribution in [2.45, 2.75) is 38.3 Å². The third-order valence-electron chi connectivity index (χ3n) is 6.12. The van der Waals surface area contributed by atoms with Crippen LogP contribution in [0.2, 0.25) is 0 Å². The van der Waals surface area contributed by atoms with Gasteiger partial charge in [0.15, 0.2) is 0 Å². The number of esters is 1. The van der Waals surface area contributed by atoms with E-state index in [4.69, 9.17) is 21.3 Å². The summed E-state index contributed by atoms with van der Waals surface area (Å²) in [4.78, 5) is 12.5. The van der Waals surface area contributed by atoms with Crippen molar-refractivity contribution in [3.8, 4) is 5.75 Å². The zero-order chi connectivity index (χ0) is 24.5. The van der Waals surface area contributed by atoms with E-state index >= 15 is 0 Å². The van der Waals surface area contributed by atoms with Crippen molar-refractivity contribution in [2.24, 2.45) is 0 Å². The molecule has 0 saturated carbocycles. The quantitative estimate of drug-likeness (QED) is 0.294. The Hall–Kier alpha value is -2.72. The van der Waals surface area contributed by atoms with Gasteiger partial charge >= 0.3 is 5.97 Å². The molecule has 1 N–H and O–H groups in total. The fourth-order valence-corrected chi connectivity index (χ4v) is 7.68. The first kappa shape index (κ1) is 24.4. The van der Waals surface area contributed by atoms with Gasteiger partial charge in [0.2, 0.25) is 0 Å². The standard InChI is InChI=1S/C28H30NO3PS/c1-19(27(30)31-5)26-25(23-18-20(28(2,3)4)16-17-24(23)32-26)29-33(34,21-12-8-6-9-13-21)22-14-10-7-11-15-22/h6-18,25-26H,1H2,2-5H3,(H,29,34)/t25-,26+/m1/s1. The SMILES string of the molecule is C=C(C(=O)OC)[C@@H]1Oc2ccc(C(C)(C)C)cc2[C@H]1NP(=S)(c1ccccc1)c1ccccc1. The van der Waals surface area contributed by atoms with E-state index in [1.54, 1.807) is 0 Å². The third-order valence-corrected chi connectivity index (χ3v) is 10.4. The summed E-state index contributed by atoms with van der Waals surface area (Å²) in [7, 11) is 1.36. The average Bonchev–Trinajstić information content (AvgIpc) is 3.20. The molecule has 4 nitrogen and oxygen atoms in total. The van der Waals surface area contributed by atoms with Gasteiger partial charge in [-0.25, -0.2) is 4.79 Å². The molecule has 4 rings (SSSR count). The van der Waals surface area contributed by atoms with Crippen LogP contribution >= 0.6 is 6.19 Å². The number of benzene rings is 3. The molecule has 1 heterocycles. The molecule has 3 aromatic rings. The van der Waals surface area contributed by atoms with E-state index in [-0.39, 0.29) is 17.0 Å². The molecule has 0 bridgehead atoms. The van der Waals surface area contributed by atoms with Crippen molar-refractivity contribution in [1.29, 1.82) is 0 Å². The molecule has 34 heavy (non-hydrogen) atoms. The van der Waals surface area contributed by atoms with Crippen LogP contribution in [0, 0.1) is 0 Å². The third kappa shape index (κ3) is 4.61. The number of carbonyl (C=O) groups excluding carboxylic acids is 1. The highest BCUT2D eigenvalue weighted by Crippen LogP contribution is 2.49. The van der Waals surface area contributed by atoms with Crippen LogP contribution in [0.1, 0.15) is 37.9 Å². The molecule has 0 fully saturated rings. The van der Waals surface area contributed by atoms with Crippen molar-refractivity contribution in [3.63, 3.8) is 0 Å². The van der Waals surface area contributed by atoms with Gasteiger partial charge in [0.05, 0.1) is 24.9 Å². The number of rotatable bonds is 6. The highest BCUT2D eigenvalue weighted by molar-refractivity contribution is 8.20. The number of hydrogen-bond donors (Lipinski definition) is 1. The minimum atomic E-state index is -2.49. The number of methoxy groups -OCH3 is 1. The molecule has 0 amide bonds. The van der Waals surface area contributed by atoms with E-state index in [1.807, 2.05) is 42.5 Å². The topological polar surface area (TPSA) is 47.6 Å². The highest BCUT2D eigenvalue weighted by atomic mass is 32.4. The first-order valence-electron chi connectivity index (χ1n) is 11.2. The molecule has 0 saturated heterocycles. The summed E-state index contributed by atoms with van der Waals surface area (Å²) in [5.41, 5.74) is 2.37. The van der Waals surface area contributed by atoms with Gasteiger partial charge in [0, 0.05) is 16.2 Å². The monoisotopic (exact) mass is 491 g/mol. The zero-order valence-electron chi connectivity index (χ0n) is 19.9. The van der Waals surface area contributed by atoms with E-state index in [0.717, 1.165) is 21.9 Å². The van der Waals surface area contributed by atoms with Crippen LogP contribution in [0.15, 0.2) is 91.0 Å². The van der Waals surface area contributed by atoms with Crippen molar-refractivity contribution in [3.05, 3.63) is 102 Å². The molecule has 0 unspecified atom stereocenters. The number of nitrogens with one attached hydrogen (secondary N) is 1. The fraction of sp³-hybridized carbons (Fsp3) is 0.250. The van der Waals surface area contributed by atoms with Crippen LogP contribution < -0.4 is 20.4 Å². The molecule has 0 spiro atoms. The summed E-state index contributed by atoms with van der Waals surface area (Å²) in [6.07, 6.45) is -3.12. The Morgan fingerprint density at radius 2 is 1.56 bits per heavy atom. The maximum atomic E-state index is 12.5. The lowest BCUT2D eigenvalue weighted by molar-refractivity contribution is -0.137. The molecular formula is C28H30NO3PS. The van der Waals surface area contributed by atoms with Crippen molar-refractivity contribution < 1.29 is 14.3 Å².